The fourth-order valence-corrected chi connectivity index (χ4v) is 1.70. The quantitative estimate of drug-likeness (QED) is 0.728. The lowest BCUT2D eigenvalue weighted by atomic mass is 10.1. The molecular formula is C12H20N4O3. The number of carboxylic acid groups (broad SMARTS) is 1. The van der Waals surface area contributed by atoms with Crippen LogP contribution in [0.4, 0.5) is 10.5 Å². The molecule has 0 saturated heterocycles. The van der Waals surface area contributed by atoms with E-state index in [4.69, 9.17) is 5.11 Å². The van der Waals surface area contributed by atoms with Crippen LogP contribution in [-0.2, 0) is 11.8 Å². The molecule has 1 aromatic heterocycles. The minimum absolute atomic E-state index is 0.422. The molecule has 1 atom stereocenters. The van der Waals surface area contributed by atoms with E-state index in [1.54, 1.807) is 24.9 Å². The van der Waals surface area contributed by atoms with Crippen LogP contribution >= 0.6 is 0 Å². The molecular weight excluding hydrogens is 248 g/mol. The highest BCUT2D eigenvalue weighted by Crippen LogP contribution is 2.11. The largest absolute Gasteiger partial charge is 0.480 e. The van der Waals surface area contributed by atoms with Gasteiger partial charge >= 0.3 is 12.0 Å². The Kier molecular flexibility index (Phi) is 5.35. The highest BCUT2D eigenvalue weighted by Gasteiger charge is 2.19. The summed E-state index contributed by atoms with van der Waals surface area (Å²) in [5, 5.41) is 18.1. The normalized spacial score (nSPS) is 11.9. The van der Waals surface area contributed by atoms with Crippen LogP contribution in [0, 0.1) is 6.92 Å². The zero-order chi connectivity index (χ0) is 14.4. The maximum Gasteiger partial charge on any atom is 0.326 e. The van der Waals surface area contributed by atoms with E-state index in [-0.39, 0.29) is 0 Å². The molecule has 0 aliphatic rings. The van der Waals surface area contributed by atoms with E-state index >= 15 is 0 Å². The molecule has 0 bridgehead atoms. The second-order valence-corrected chi connectivity index (χ2v) is 4.43. The Morgan fingerprint density at radius 3 is 2.68 bits per heavy atom. The minimum atomic E-state index is -1.02. The van der Waals surface area contributed by atoms with Crippen molar-refractivity contribution >= 4 is 17.7 Å². The summed E-state index contributed by atoms with van der Waals surface area (Å²) in [6, 6.07) is -1.39. The van der Waals surface area contributed by atoms with Crippen molar-refractivity contribution in [2.24, 2.45) is 7.05 Å². The van der Waals surface area contributed by atoms with E-state index in [1.165, 1.54) is 0 Å². The number of aliphatic carboxylic acids is 1. The number of rotatable bonds is 6. The molecule has 2 amide bonds. The van der Waals surface area contributed by atoms with Gasteiger partial charge in [0.15, 0.2) is 0 Å². The van der Waals surface area contributed by atoms with Gasteiger partial charge < -0.3 is 15.7 Å². The predicted octanol–water partition coefficient (Wildman–Crippen LogP) is 1.49. The second kappa shape index (κ2) is 6.77. The number of hydrogen-bond donors (Lipinski definition) is 3. The SMILES string of the molecule is CCCCC(NC(=O)Nc1cn(C)nc1C)C(=O)O. The van der Waals surface area contributed by atoms with Crippen LogP contribution in [-0.4, -0.2) is 32.9 Å². The van der Waals surface area contributed by atoms with Crippen LogP contribution in [0.3, 0.4) is 0 Å². The molecule has 7 heteroatoms. The molecule has 7 nitrogen and oxygen atoms in total. The van der Waals surface area contributed by atoms with E-state index in [0.717, 1.165) is 12.8 Å². The Morgan fingerprint density at radius 2 is 2.21 bits per heavy atom. The van der Waals surface area contributed by atoms with Gasteiger partial charge in [-0.15, -0.1) is 0 Å². The Labute approximate surface area is 112 Å². The number of carbonyl (C=O) groups is 2. The van der Waals surface area contributed by atoms with Crippen molar-refractivity contribution in [2.45, 2.75) is 39.2 Å². The average molecular weight is 268 g/mol. The van der Waals surface area contributed by atoms with Gasteiger partial charge in [-0.05, 0) is 13.3 Å². The van der Waals surface area contributed by atoms with Gasteiger partial charge in [-0.25, -0.2) is 9.59 Å². The lowest BCUT2D eigenvalue weighted by Gasteiger charge is -2.14. The molecule has 1 heterocycles. The molecule has 3 N–H and O–H groups in total. The Morgan fingerprint density at radius 1 is 1.53 bits per heavy atom. The van der Waals surface area contributed by atoms with Crippen LogP contribution in [0.15, 0.2) is 6.20 Å². The summed E-state index contributed by atoms with van der Waals surface area (Å²) in [5.41, 5.74) is 1.25. The first kappa shape index (κ1) is 15.0. The van der Waals surface area contributed by atoms with E-state index in [2.05, 4.69) is 15.7 Å². The summed E-state index contributed by atoms with van der Waals surface area (Å²) < 4.78 is 1.58. The predicted molar refractivity (Wildman–Crippen MR) is 71.0 cm³/mol. The van der Waals surface area contributed by atoms with Crippen molar-refractivity contribution in [3.8, 4) is 0 Å². The van der Waals surface area contributed by atoms with Crippen molar-refractivity contribution in [3.05, 3.63) is 11.9 Å². The minimum Gasteiger partial charge on any atom is -0.480 e. The first-order valence-corrected chi connectivity index (χ1v) is 6.24. The highest BCUT2D eigenvalue weighted by atomic mass is 16.4. The Balaban J connectivity index is 2.57. The Hall–Kier alpha value is -2.05. The monoisotopic (exact) mass is 268 g/mol. The van der Waals surface area contributed by atoms with Gasteiger partial charge in [-0.1, -0.05) is 19.8 Å². The molecule has 106 valence electrons. The number of nitrogens with one attached hydrogen (secondary N) is 2. The van der Waals surface area contributed by atoms with Gasteiger partial charge in [0.25, 0.3) is 0 Å². The summed E-state index contributed by atoms with van der Waals surface area (Å²) in [4.78, 5) is 22.7. The fraction of sp³-hybridized carbons (Fsp3) is 0.583. The summed E-state index contributed by atoms with van der Waals surface area (Å²) in [6.07, 6.45) is 3.72. The van der Waals surface area contributed by atoms with E-state index < -0.39 is 18.0 Å². The number of aromatic nitrogens is 2. The average Bonchev–Trinajstić information content (AvgIpc) is 2.62. The van der Waals surface area contributed by atoms with Gasteiger partial charge in [0, 0.05) is 13.2 Å². The number of unbranched alkanes of at least 4 members (excludes halogenated alkanes) is 1. The van der Waals surface area contributed by atoms with Crippen LogP contribution in [0.25, 0.3) is 0 Å². The molecule has 0 saturated carbocycles. The van der Waals surface area contributed by atoms with E-state index in [1.807, 2.05) is 6.92 Å². The van der Waals surface area contributed by atoms with Crippen molar-refractivity contribution < 1.29 is 14.7 Å². The number of anilines is 1. The van der Waals surface area contributed by atoms with Crippen LogP contribution in [0.1, 0.15) is 31.9 Å². The lowest BCUT2D eigenvalue weighted by molar-refractivity contribution is -0.139. The number of urea groups is 1. The van der Waals surface area contributed by atoms with Crippen molar-refractivity contribution in [3.63, 3.8) is 0 Å². The second-order valence-electron chi connectivity index (χ2n) is 4.43. The first-order valence-electron chi connectivity index (χ1n) is 6.24. The third-order valence-corrected chi connectivity index (χ3v) is 2.71. The Bertz CT molecular complexity index is 456. The number of amides is 2. The van der Waals surface area contributed by atoms with Gasteiger partial charge in [-0.2, -0.15) is 5.10 Å². The molecule has 0 aromatic carbocycles. The summed E-state index contributed by atoms with van der Waals surface area (Å²) in [6.45, 7) is 3.74. The highest BCUT2D eigenvalue weighted by molar-refractivity contribution is 5.92. The van der Waals surface area contributed by atoms with E-state index in [9.17, 15) is 9.59 Å². The first-order chi connectivity index (χ1) is 8.93. The third kappa shape index (κ3) is 4.61. The van der Waals surface area contributed by atoms with E-state index in [0.29, 0.717) is 17.8 Å². The smallest absolute Gasteiger partial charge is 0.326 e. The van der Waals surface area contributed by atoms with Crippen LogP contribution in [0.2, 0.25) is 0 Å². The maximum absolute atomic E-state index is 11.7. The number of nitrogens with zero attached hydrogens (tertiary/aromatic N) is 2. The molecule has 0 aliphatic carbocycles. The number of hydrogen-bond acceptors (Lipinski definition) is 3. The molecule has 0 radical (unpaired) electrons. The van der Waals surface area contributed by atoms with Crippen molar-refractivity contribution in [1.29, 1.82) is 0 Å². The van der Waals surface area contributed by atoms with Crippen molar-refractivity contribution in [2.75, 3.05) is 5.32 Å². The summed E-state index contributed by atoms with van der Waals surface area (Å²) in [7, 11) is 1.75. The molecule has 1 aromatic rings. The summed E-state index contributed by atoms with van der Waals surface area (Å²) >= 11 is 0. The molecule has 0 spiro atoms. The van der Waals surface area contributed by atoms with Gasteiger partial charge in [0.05, 0.1) is 11.4 Å². The van der Waals surface area contributed by atoms with Gasteiger partial charge in [-0.3, -0.25) is 4.68 Å². The van der Waals surface area contributed by atoms with Crippen molar-refractivity contribution in [1.82, 2.24) is 15.1 Å². The third-order valence-electron chi connectivity index (χ3n) is 2.71. The zero-order valence-electron chi connectivity index (χ0n) is 11.4. The topological polar surface area (TPSA) is 96.3 Å². The van der Waals surface area contributed by atoms with Gasteiger partial charge in [0.1, 0.15) is 6.04 Å². The maximum atomic E-state index is 11.7. The van der Waals surface area contributed by atoms with Crippen LogP contribution in [0.5, 0.6) is 0 Å². The molecule has 0 aliphatic heterocycles. The number of aryl methyl sites for hydroxylation is 2. The molecule has 1 unspecified atom stereocenters. The lowest BCUT2D eigenvalue weighted by Crippen LogP contribution is -2.43. The molecule has 0 fully saturated rings. The van der Waals surface area contributed by atoms with Gasteiger partial charge in [0.2, 0.25) is 0 Å². The molecule has 1 rings (SSSR count). The number of carboxylic acids is 1. The zero-order valence-corrected chi connectivity index (χ0v) is 11.4. The summed E-state index contributed by atoms with van der Waals surface area (Å²) in [5.74, 6) is -1.02. The fourth-order valence-electron chi connectivity index (χ4n) is 1.70. The van der Waals surface area contributed by atoms with Crippen LogP contribution < -0.4 is 10.6 Å². The number of carbonyl (C=O) groups excluding carboxylic acids is 1. The molecule has 19 heavy (non-hydrogen) atoms. The standard InChI is InChI=1S/C12H20N4O3/c1-4-5-6-9(11(17)18)13-12(19)14-10-7-16(3)15-8(10)2/h7,9H,4-6H2,1-3H3,(H,17,18)(H2,13,14,19).